The summed E-state index contributed by atoms with van der Waals surface area (Å²) < 4.78 is 4.56. The monoisotopic (exact) mass is 242 g/mol. The molecule has 0 saturated heterocycles. The Morgan fingerprint density at radius 3 is 2.62 bits per heavy atom. The highest BCUT2D eigenvalue weighted by Gasteiger charge is 2.49. The van der Waals surface area contributed by atoms with Crippen molar-refractivity contribution in [3.63, 3.8) is 0 Å². The first-order valence-electron chi connectivity index (χ1n) is 5.17. The minimum Gasteiger partial charge on any atom is -0.499 e. The Morgan fingerprint density at radius 1 is 1.62 bits per heavy atom. The fourth-order valence-electron chi connectivity index (χ4n) is 1.96. The molecule has 0 aromatic heterocycles. The highest BCUT2D eigenvalue weighted by atomic mass is 32.2. The minimum atomic E-state index is -0.705. The number of hydrogen-bond acceptors (Lipinski definition) is 4. The third-order valence-electron chi connectivity index (χ3n) is 3.04. The van der Waals surface area contributed by atoms with Crippen LogP contribution in [0.25, 0.3) is 0 Å². The van der Waals surface area contributed by atoms with Gasteiger partial charge in [-0.3, -0.25) is 4.79 Å². The van der Waals surface area contributed by atoms with Gasteiger partial charge < -0.3 is 9.84 Å². The maximum atomic E-state index is 11.7. The van der Waals surface area contributed by atoms with Gasteiger partial charge in [-0.1, -0.05) is 24.8 Å². The second kappa shape index (κ2) is 4.63. The molecule has 3 atom stereocenters. The van der Waals surface area contributed by atoms with Crippen LogP contribution in [-0.2, 0) is 9.53 Å². The number of aliphatic hydroxyl groups excluding tert-OH is 1. The van der Waals surface area contributed by atoms with Gasteiger partial charge in [0, 0.05) is 11.5 Å². The van der Waals surface area contributed by atoms with Crippen LogP contribution in [0.15, 0.2) is 24.0 Å². The summed E-state index contributed by atoms with van der Waals surface area (Å²) in [5.74, 6) is 0.477. The molecule has 1 N–H and O–H groups in total. The summed E-state index contributed by atoms with van der Waals surface area (Å²) in [5, 5.41) is 10.2. The van der Waals surface area contributed by atoms with Crippen LogP contribution in [0.1, 0.15) is 20.8 Å². The lowest BCUT2D eigenvalue weighted by molar-refractivity contribution is -0.107. The number of thioether (sulfide) groups is 1. The predicted octanol–water partition coefficient (Wildman–Crippen LogP) is 2.12. The second-order valence-electron chi connectivity index (χ2n) is 4.19. The lowest BCUT2D eigenvalue weighted by Crippen LogP contribution is -2.41. The van der Waals surface area contributed by atoms with Gasteiger partial charge in [0.15, 0.2) is 0 Å². The van der Waals surface area contributed by atoms with Crippen LogP contribution in [0.3, 0.4) is 0 Å². The first kappa shape index (κ1) is 13.3. The summed E-state index contributed by atoms with van der Waals surface area (Å²) in [5.41, 5.74) is 0.588. The first-order valence-corrected chi connectivity index (χ1v) is 5.99. The Morgan fingerprint density at radius 2 is 2.19 bits per heavy atom. The van der Waals surface area contributed by atoms with E-state index in [4.69, 9.17) is 4.74 Å². The lowest BCUT2D eigenvalue weighted by atomic mass is 9.90. The molecule has 1 aliphatic heterocycles. The van der Waals surface area contributed by atoms with E-state index in [0.717, 1.165) is 11.8 Å². The molecule has 2 unspecified atom stereocenters. The maximum absolute atomic E-state index is 11.7. The van der Waals surface area contributed by atoms with E-state index in [2.05, 4.69) is 6.58 Å². The van der Waals surface area contributed by atoms with E-state index in [1.807, 2.05) is 13.8 Å². The van der Waals surface area contributed by atoms with Crippen molar-refractivity contribution >= 4 is 16.9 Å². The van der Waals surface area contributed by atoms with Gasteiger partial charge in [-0.05, 0) is 13.8 Å². The van der Waals surface area contributed by atoms with Gasteiger partial charge >= 0.3 is 0 Å². The molecule has 0 amide bonds. The summed E-state index contributed by atoms with van der Waals surface area (Å²) in [6, 6.07) is 0. The number of carbonyl (C=O) groups is 1. The molecule has 1 aliphatic rings. The lowest BCUT2D eigenvalue weighted by Gasteiger charge is -2.33. The summed E-state index contributed by atoms with van der Waals surface area (Å²) in [6.45, 7) is 9.09. The highest BCUT2D eigenvalue weighted by Crippen LogP contribution is 2.47. The molecule has 90 valence electrons. The molecule has 0 aromatic rings. The highest BCUT2D eigenvalue weighted by molar-refractivity contribution is 8.15. The van der Waals surface area contributed by atoms with Crippen LogP contribution in [0.2, 0.25) is 0 Å². The number of ether oxygens (including phenoxy) is 1. The molecular formula is C12H18O3S. The number of methoxy groups -OCH3 is 1. The van der Waals surface area contributed by atoms with E-state index < -0.39 is 10.9 Å². The van der Waals surface area contributed by atoms with Crippen LogP contribution in [-0.4, -0.2) is 28.2 Å². The van der Waals surface area contributed by atoms with E-state index in [1.165, 1.54) is 7.11 Å². The van der Waals surface area contributed by atoms with Gasteiger partial charge in [-0.15, -0.1) is 6.58 Å². The molecule has 1 rings (SSSR count). The van der Waals surface area contributed by atoms with E-state index >= 15 is 0 Å². The molecule has 3 nitrogen and oxygen atoms in total. The summed E-state index contributed by atoms with van der Waals surface area (Å²) in [6.07, 6.45) is 0.994. The van der Waals surface area contributed by atoms with Crippen molar-refractivity contribution < 1.29 is 14.6 Å². The summed E-state index contributed by atoms with van der Waals surface area (Å²) >= 11 is 1.12. The average Bonchev–Trinajstić information content (AvgIpc) is 2.48. The van der Waals surface area contributed by atoms with Gasteiger partial charge in [0.2, 0.25) is 5.12 Å². The van der Waals surface area contributed by atoms with Crippen molar-refractivity contribution in [2.24, 2.45) is 5.92 Å². The largest absolute Gasteiger partial charge is 0.499 e. The molecule has 0 bridgehead atoms. The van der Waals surface area contributed by atoms with E-state index in [0.29, 0.717) is 11.3 Å². The van der Waals surface area contributed by atoms with Gasteiger partial charge in [0.25, 0.3) is 0 Å². The number of hydrogen-bond donors (Lipinski definition) is 1. The predicted molar refractivity (Wildman–Crippen MR) is 66.1 cm³/mol. The van der Waals surface area contributed by atoms with Crippen molar-refractivity contribution in [2.75, 3.05) is 7.11 Å². The van der Waals surface area contributed by atoms with E-state index in [9.17, 15) is 9.90 Å². The van der Waals surface area contributed by atoms with Crippen molar-refractivity contribution in [3.8, 4) is 0 Å². The van der Waals surface area contributed by atoms with Crippen molar-refractivity contribution in [3.05, 3.63) is 24.0 Å². The van der Waals surface area contributed by atoms with Gasteiger partial charge in [-0.25, -0.2) is 0 Å². The van der Waals surface area contributed by atoms with Gasteiger partial charge in [0.1, 0.15) is 10.5 Å². The SMILES string of the molecule is C=CC(C)C(O)[C@@]1(C)SC(=O)C(C)=C1OC. The van der Waals surface area contributed by atoms with Crippen molar-refractivity contribution in [2.45, 2.75) is 31.6 Å². The Hall–Kier alpha value is -0.740. The van der Waals surface area contributed by atoms with Crippen molar-refractivity contribution in [1.29, 1.82) is 0 Å². The molecule has 0 saturated carbocycles. The zero-order valence-corrected chi connectivity index (χ0v) is 10.9. The van der Waals surface area contributed by atoms with Crippen LogP contribution in [0, 0.1) is 5.92 Å². The number of aliphatic hydroxyl groups is 1. The third kappa shape index (κ3) is 1.92. The zero-order chi connectivity index (χ0) is 12.5. The Bertz CT molecular complexity index is 348. The van der Waals surface area contributed by atoms with Gasteiger partial charge in [-0.2, -0.15) is 0 Å². The minimum absolute atomic E-state index is 0.0327. The Labute approximate surface area is 101 Å². The quantitative estimate of drug-likeness (QED) is 0.767. The zero-order valence-electron chi connectivity index (χ0n) is 10.1. The normalized spacial score (nSPS) is 29.2. The first-order chi connectivity index (χ1) is 7.38. The molecule has 0 spiro atoms. The molecule has 0 radical (unpaired) electrons. The molecular weight excluding hydrogens is 224 g/mol. The summed E-state index contributed by atoms with van der Waals surface area (Å²) in [4.78, 5) is 11.7. The molecule has 0 aliphatic carbocycles. The van der Waals surface area contributed by atoms with Crippen LogP contribution in [0.5, 0.6) is 0 Å². The number of carbonyl (C=O) groups excluding carboxylic acids is 1. The standard InChI is InChI=1S/C12H18O3S/c1-6-7(2)9(13)12(4)10(15-5)8(3)11(14)16-12/h6-7,9,13H,1H2,2-5H3/t7?,9?,12-/m1/s1. The molecule has 0 fully saturated rings. The number of rotatable bonds is 4. The second-order valence-corrected chi connectivity index (χ2v) is 5.62. The van der Waals surface area contributed by atoms with Gasteiger partial charge in [0.05, 0.1) is 13.2 Å². The Balaban J connectivity index is 3.11. The molecule has 16 heavy (non-hydrogen) atoms. The average molecular weight is 242 g/mol. The fourth-order valence-corrected chi connectivity index (χ4v) is 3.26. The van der Waals surface area contributed by atoms with Crippen LogP contribution < -0.4 is 0 Å². The van der Waals surface area contributed by atoms with Crippen molar-refractivity contribution in [1.82, 2.24) is 0 Å². The van der Waals surface area contributed by atoms with Crippen LogP contribution >= 0.6 is 11.8 Å². The van der Waals surface area contributed by atoms with E-state index in [-0.39, 0.29) is 11.0 Å². The van der Waals surface area contributed by atoms with Crippen LogP contribution in [0.4, 0.5) is 0 Å². The fraction of sp³-hybridized carbons (Fsp3) is 0.583. The maximum Gasteiger partial charge on any atom is 0.219 e. The molecule has 0 aromatic carbocycles. The third-order valence-corrected chi connectivity index (χ3v) is 4.38. The topological polar surface area (TPSA) is 46.5 Å². The Kier molecular flexibility index (Phi) is 3.86. The summed E-state index contributed by atoms with van der Waals surface area (Å²) in [7, 11) is 1.53. The van der Waals surface area contributed by atoms with E-state index in [1.54, 1.807) is 13.0 Å². The molecule has 4 heteroatoms. The smallest absolute Gasteiger partial charge is 0.219 e. The molecule has 1 heterocycles.